The van der Waals surface area contributed by atoms with E-state index < -0.39 is 52.3 Å². The van der Waals surface area contributed by atoms with E-state index in [0.717, 1.165) is 0 Å². The number of hydrogen-bond acceptors (Lipinski definition) is 5. The second kappa shape index (κ2) is 10.2. The highest BCUT2D eigenvalue weighted by Gasteiger charge is 2.28. The average Bonchev–Trinajstić information content (AvgIpc) is 2.85. The van der Waals surface area contributed by atoms with Crippen LogP contribution in [0.1, 0.15) is 16.7 Å². The van der Waals surface area contributed by atoms with E-state index in [9.17, 15) is 35.9 Å². The highest BCUT2D eigenvalue weighted by molar-refractivity contribution is 5.95. The standard InChI is InChI=1S/C25H14F6N2O4/c1-11-8-17(34)37-16-9-14(6-7-15(11)16)33-25(35)36-10-12-2-4-13(5-3-12)32-24(31)18-19(26)21(28)23(30)22(29)20(18)27/h2-9H,10H2,1H3,(H,33,35). The highest BCUT2D eigenvalue weighted by atomic mass is 19.2. The van der Waals surface area contributed by atoms with Crippen molar-refractivity contribution in [3.8, 4) is 0 Å². The molecule has 0 fully saturated rings. The molecule has 3 aromatic carbocycles. The number of amides is 1. The van der Waals surface area contributed by atoms with Crippen molar-refractivity contribution in [3.05, 3.63) is 105 Å². The molecule has 1 N–H and O–H groups in total. The van der Waals surface area contributed by atoms with Crippen LogP contribution >= 0.6 is 0 Å². The van der Waals surface area contributed by atoms with Gasteiger partial charge in [0, 0.05) is 23.2 Å². The van der Waals surface area contributed by atoms with Gasteiger partial charge in [-0.25, -0.2) is 36.5 Å². The molecule has 0 aliphatic carbocycles. The number of anilines is 1. The fourth-order valence-corrected chi connectivity index (χ4v) is 3.33. The normalized spacial score (nSPS) is 11.6. The molecule has 12 heteroatoms. The molecule has 0 aliphatic heterocycles. The van der Waals surface area contributed by atoms with Crippen LogP contribution < -0.4 is 10.9 Å². The van der Waals surface area contributed by atoms with Gasteiger partial charge in [-0.15, -0.1) is 0 Å². The number of carbonyl (C=O) groups excluding carboxylic acids is 1. The molecule has 0 saturated heterocycles. The van der Waals surface area contributed by atoms with Crippen LogP contribution in [0, 0.1) is 36.0 Å². The molecule has 1 aromatic heterocycles. The molecule has 0 radical (unpaired) electrons. The van der Waals surface area contributed by atoms with Crippen LogP contribution in [0.2, 0.25) is 0 Å². The summed E-state index contributed by atoms with van der Waals surface area (Å²) in [5, 5.41) is 3.16. The highest BCUT2D eigenvalue weighted by Crippen LogP contribution is 2.26. The van der Waals surface area contributed by atoms with E-state index in [2.05, 4.69) is 10.3 Å². The third-order valence-electron chi connectivity index (χ3n) is 5.15. The second-order valence-electron chi connectivity index (χ2n) is 7.67. The molecule has 0 spiro atoms. The Hall–Kier alpha value is -4.61. The maximum absolute atomic E-state index is 14.2. The Kier molecular flexibility index (Phi) is 7.00. The van der Waals surface area contributed by atoms with Gasteiger partial charge >= 0.3 is 11.7 Å². The van der Waals surface area contributed by atoms with Gasteiger partial charge in [0.15, 0.2) is 23.3 Å². The maximum atomic E-state index is 14.2. The van der Waals surface area contributed by atoms with Gasteiger partial charge in [-0.2, -0.15) is 4.39 Å². The molecule has 1 amide bonds. The summed E-state index contributed by atoms with van der Waals surface area (Å²) in [6.45, 7) is 1.50. The summed E-state index contributed by atoms with van der Waals surface area (Å²) in [6.07, 6.45) is -0.839. The van der Waals surface area contributed by atoms with Gasteiger partial charge in [-0.3, -0.25) is 5.32 Å². The number of aryl methyl sites for hydroxylation is 1. The number of aliphatic imine (C=N–C) groups is 1. The van der Waals surface area contributed by atoms with Gasteiger partial charge in [-0.1, -0.05) is 12.1 Å². The van der Waals surface area contributed by atoms with Crippen LogP contribution in [-0.4, -0.2) is 12.1 Å². The average molecular weight is 520 g/mol. The van der Waals surface area contributed by atoms with Crippen LogP contribution in [-0.2, 0) is 11.3 Å². The molecule has 6 nitrogen and oxygen atoms in total. The van der Waals surface area contributed by atoms with Crippen molar-refractivity contribution in [1.29, 1.82) is 0 Å². The van der Waals surface area contributed by atoms with Gasteiger partial charge in [-0.05, 0) is 42.3 Å². The van der Waals surface area contributed by atoms with Crippen LogP contribution in [0.25, 0.3) is 11.0 Å². The molecule has 0 atom stereocenters. The Labute approximate surface area is 203 Å². The quantitative estimate of drug-likeness (QED) is 0.106. The van der Waals surface area contributed by atoms with E-state index in [-0.39, 0.29) is 17.9 Å². The molecule has 4 aromatic rings. The van der Waals surface area contributed by atoms with Crippen molar-refractivity contribution in [2.75, 3.05) is 5.32 Å². The topological polar surface area (TPSA) is 80.9 Å². The van der Waals surface area contributed by atoms with Crippen molar-refractivity contribution in [2.24, 2.45) is 4.99 Å². The van der Waals surface area contributed by atoms with E-state index >= 15 is 0 Å². The Bertz CT molecular complexity index is 1590. The third-order valence-corrected chi connectivity index (χ3v) is 5.15. The zero-order valence-electron chi connectivity index (χ0n) is 18.7. The maximum Gasteiger partial charge on any atom is 0.411 e. The summed E-state index contributed by atoms with van der Waals surface area (Å²) in [5.41, 5.74) is -0.835. The van der Waals surface area contributed by atoms with Crippen molar-refractivity contribution in [1.82, 2.24) is 0 Å². The number of ether oxygens (including phenoxy) is 1. The van der Waals surface area contributed by atoms with Crippen LogP contribution in [0.3, 0.4) is 0 Å². The largest absolute Gasteiger partial charge is 0.444 e. The van der Waals surface area contributed by atoms with Gasteiger partial charge in [0.25, 0.3) is 0 Å². The zero-order valence-corrected chi connectivity index (χ0v) is 18.7. The van der Waals surface area contributed by atoms with Crippen LogP contribution in [0.4, 0.5) is 42.5 Å². The van der Waals surface area contributed by atoms with Crippen molar-refractivity contribution in [2.45, 2.75) is 13.5 Å². The Morgan fingerprint density at radius 1 is 0.919 bits per heavy atom. The van der Waals surface area contributed by atoms with Crippen LogP contribution in [0.5, 0.6) is 0 Å². The Morgan fingerprint density at radius 3 is 2.19 bits per heavy atom. The zero-order chi connectivity index (χ0) is 26.9. The van der Waals surface area contributed by atoms with Crippen molar-refractivity contribution in [3.63, 3.8) is 0 Å². The lowest BCUT2D eigenvalue weighted by molar-refractivity contribution is 0.155. The van der Waals surface area contributed by atoms with Gasteiger partial charge in [0.05, 0.1) is 5.69 Å². The number of nitrogens with one attached hydrogen (secondary N) is 1. The molecule has 0 bridgehead atoms. The van der Waals surface area contributed by atoms with E-state index in [1.807, 2.05) is 0 Å². The number of benzene rings is 3. The van der Waals surface area contributed by atoms with Crippen molar-refractivity contribution < 1.29 is 40.3 Å². The van der Waals surface area contributed by atoms with E-state index in [1.165, 1.54) is 36.4 Å². The molecule has 190 valence electrons. The third kappa shape index (κ3) is 5.32. The monoisotopic (exact) mass is 520 g/mol. The van der Waals surface area contributed by atoms with Gasteiger partial charge in [0.2, 0.25) is 11.8 Å². The molecular weight excluding hydrogens is 506 g/mol. The van der Waals surface area contributed by atoms with E-state index in [1.54, 1.807) is 19.1 Å². The first-order valence-electron chi connectivity index (χ1n) is 10.4. The predicted molar refractivity (Wildman–Crippen MR) is 121 cm³/mol. The minimum Gasteiger partial charge on any atom is -0.444 e. The molecule has 0 saturated carbocycles. The Morgan fingerprint density at radius 2 is 1.54 bits per heavy atom. The van der Waals surface area contributed by atoms with E-state index in [4.69, 9.17) is 9.15 Å². The molecule has 1 heterocycles. The van der Waals surface area contributed by atoms with Gasteiger partial charge < -0.3 is 9.15 Å². The van der Waals surface area contributed by atoms with Crippen molar-refractivity contribution >= 4 is 34.4 Å². The fraction of sp³-hybridized carbons (Fsp3) is 0.0800. The minimum atomic E-state index is -2.41. The summed E-state index contributed by atoms with van der Waals surface area (Å²) in [6, 6.07) is 11.1. The summed E-state index contributed by atoms with van der Waals surface area (Å²) < 4.78 is 91.7. The Balaban J connectivity index is 1.42. The SMILES string of the molecule is Cc1cc(=O)oc2cc(NC(=O)OCc3ccc(N=C(F)c4c(F)c(F)c(F)c(F)c4F)cc3)ccc12. The number of nitrogens with zero attached hydrogens (tertiary/aromatic N) is 1. The van der Waals surface area contributed by atoms with Crippen LogP contribution in [0.15, 0.2) is 62.7 Å². The fourth-order valence-electron chi connectivity index (χ4n) is 3.33. The predicted octanol–water partition coefficient (Wildman–Crippen LogP) is 6.59. The molecule has 4 rings (SSSR count). The summed E-state index contributed by atoms with van der Waals surface area (Å²) >= 11 is 0. The molecular formula is C25H14F6N2O4. The number of halogens is 6. The summed E-state index contributed by atoms with van der Waals surface area (Å²) in [7, 11) is 0. The first kappa shape index (κ1) is 25.5. The minimum absolute atomic E-state index is 0.206. The summed E-state index contributed by atoms with van der Waals surface area (Å²) in [4.78, 5) is 26.9. The number of hydrogen-bond donors (Lipinski definition) is 1. The molecule has 0 unspecified atom stereocenters. The lowest BCUT2D eigenvalue weighted by Gasteiger charge is -2.08. The van der Waals surface area contributed by atoms with E-state index in [0.29, 0.717) is 22.2 Å². The first-order chi connectivity index (χ1) is 17.5. The lowest BCUT2D eigenvalue weighted by atomic mass is 10.1. The number of rotatable bonds is 5. The second-order valence-corrected chi connectivity index (χ2v) is 7.67. The smallest absolute Gasteiger partial charge is 0.411 e. The number of fused-ring (bicyclic) bond motifs is 1. The molecule has 37 heavy (non-hydrogen) atoms. The summed E-state index contributed by atoms with van der Waals surface area (Å²) in [5.74, 6) is -13.6. The number of carbonyl (C=O) groups is 1. The molecule has 0 aliphatic rings. The van der Waals surface area contributed by atoms with Gasteiger partial charge in [0.1, 0.15) is 17.8 Å². The first-order valence-corrected chi connectivity index (χ1v) is 10.4. The lowest BCUT2D eigenvalue weighted by Crippen LogP contribution is -2.13.